The number of sulfonamides is 1. The van der Waals surface area contributed by atoms with E-state index in [1.54, 1.807) is 6.07 Å². The molecular formula is C15H26Cl2N4O3S. The van der Waals surface area contributed by atoms with E-state index in [4.69, 9.17) is 0 Å². The van der Waals surface area contributed by atoms with Gasteiger partial charge in [-0.05, 0) is 50.4 Å². The quantitative estimate of drug-likeness (QED) is 0.593. The van der Waals surface area contributed by atoms with E-state index in [0.717, 1.165) is 19.5 Å². The zero-order chi connectivity index (χ0) is 16.5. The van der Waals surface area contributed by atoms with Crippen molar-refractivity contribution in [1.82, 2.24) is 20.3 Å². The molecule has 0 radical (unpaired) electrons. The molecule has 1 aliphatic heterocycles. The molecule has 1 amide bonds. The van der Waals surface area contributed by atoms with Crippen LogP contribution in [0.25, 0.3) is 0 Å². The average Bonchev–Trinajstić information content (AvgIpc) is 2.56. The van der Waals surface area contributed by atoms with E-state index in [0.29, 0.717) is 12.5 Å². The van der Waals surface area contributed by atoms with Crippen LogP contribution in [0.15, 0.2) is 29.4 Å². The normalized spacial score (nSPS) is 17.0. The molecule has 7 nitrogen and oxygen atoms in total. The fourth-order valence-corrected chi connectivity index (χ4v) is 3.56. The SMILES string of the molecule is Cl.Cl.O=C(CCNS(=O)(=O)c1cccnc1)NCCC1CCCNC1. The summed E-state index contributed by atoms with van der Waals surface area (Å²) < 4.78 is 26.3. The van der Waals surface area contributed by atoms with Crippen molar-refractivity contribution >= 4 is 40.7 Å². The van der Waals surface area contributed by atoms with Gasteiger partial charge < -0.3 is 10.6 Å². The molecule has 0 aromatic carbocycles. The zero-order valence-electron chi connectivity index (χ0n) is 13.9. The summed E-state index contributed by atoms with van der Waals surface area (Å²) in [4.78, 5) is 15.6. The molecule has 1 unspecified atom stereocenters. The van der Waals surface area contributed by atoms with Gasteiger partial charge >= 0.3 is 0 Å². The predicted molar refractivity (Wildman–Crippen MR) is 102 cm³/mol. The lowest BCUT2D eigenvalue weighted by Crippen LogP contribution is -2.34. The maximum Gasteiger partial charge on any atom is 0.242 e. The molecule has 1 aromatic rings. The Morgan fingerprint density at radius 3 is 2.76 bits per heavy atom. The Balaban J connectivity index is 0.00000288. The lowest BCUT2D eigenvalue weighted by molar-refractivity contribution is -0.120. The standard InChI is InChI=1S/C15H24N4O3S.2ClH/c20-15(18-9-5-13-3-1-7-16-11-13)6-10-19-23(21,22)14-4-2-8-17-12-14;;/h2,4,8,12-13,16,19H,1,3,5-7,9-11H2,(H,18,20);2*1H. The summed E-state index contributed by atoms with van der Waals surface area (Å²) in [6.07, 6.45) is 6.26. The van der Waals surface area contributed by atoms with Gasteiger partial charge in [0.15, 0.2) is 0 Å². The number of hydrogen-bond donors (Lipinski definition) is 3. The van der Waals surface area contributed by atoms with Crippen molar-refractivity contribution < 1.29 is 13.2 Å². The second-order valence-corrected chi connectivity index (χ2v) is 7.45. The molecule has 0 aliphatic carbocycles. The van der Waals surface area contributed by atoms with Crippen LogP contribution in [-0.4, -0.2) is 45.5 Å². The second-order valence-electron chi connectivity index (χ2n) is 5.69. The minimum absolute atomic E-state index is 0. The molecule has 3 N–H and O–H groups in total. The molecule has 1 aromatic heterocycles. The Labute approximate surface area is 161 Å². The van der Waals surface area contributed by atoms with E-state index < -0.39 is 10.0 Å². The highest BCUT2D eigenvalue weighted by atomic mass is 35.5. The number of carbonyl (C=O) groups excluding carboxylic acids is 1. The summed E-state index contributed by atoms with van der Waals surface area (Å²) in [6.45, 7) is 2.81. The number of aromatic nitrogens is 1. The fourth-order valence-electron chi connectivity index (χ4n) is 2.56. The highest BCUT2D eigenvalue weighted by Gasteiger charge is 2.15. The Morgan fingerprint density at radius 1 is 1.32 bits per heavy atom. The summed E-state index contributed by atoms with van der Waals surface area (Å²) in [6, 6.07) is 3.02. The molecule has 1 saturated heterocycles. The van der Waals surface area contributed by atoms with Crippen LogP contribution < -0.4 is 15.4 Å². The largest absolute Gasteiger partial charge is 0.356 e. The van der Waals surface area contributed by atoms with Gasteiger partial charge in [-0.3, -0.25) is 9.78 Å². The molecule has 2 rings (SSSR count). The van der Waals surface area contributed by atoms with E-state index in [1.807, 2.05) is 0 Å². The van der Waals surface area contributed by atoms with E-state index in [9.17, 15) is 13.2 Å². The van der Waals surface area contributed by atoms with Crippen LogP contribution in [0.5, 0.6) is 0 Å². The highest BCUT2D eigenvalue weighted by molar-refractivity contribution is 7.89. The van der Waals surface area contributed by atoms with Gasteiger partial charge in [0.05, 0.1) is 0 Å². The number of nitrogens with one attached hydrogen (secondary N) is 3. The number of carbonyl (C=O) groups is 1. The molecule has 144 valence electrons. The van der Waals surface area contributed by atoms with Gasteiger partial charge in [-0.25, -0.2) is 13.1 Å². The lowest BCUT2D eigenvalue weighted by Gasteiger charge is -2.22. The summed E-state index contributed by atoms with van der Waals surface area (Å²) in [7, 11) is -3.59. The topological polar surface area (TPSA) is 100 Å². The van der Waals surface area contributed by atoms with Crippen LogP contribution in [0.2, 0.25) is 0 Å². The first-order valence-electron chi connectivity index (χ1n) is 7.95. The van der Waals surface area contributed by atoms with E-state index in [-0.39, 0.29) is 48.6 Å². The molecule has 1 fully saturated rings. The first kappa shape index (κ1) is 24.1. The summed E-state index contributed by atoms with van der Waals surface area (Å²) >= 11 is 0. The number of amides is 1. The number of rotatable bonds is 8. The van der Waals surface area contributed by atoms with Gasteiger partial charge in [-0.2, -0.15) is 0 Å². The van der Waals surface area contributed by atoms with Crippen molar-refractivity contribution in [3.05, 3.63) is 24.5 Å². The van der Waals surface area contributed by atoms with Crippen LogP contribution >= 0.6 is 24.8 Å². The molecule has 0 bridgehead atoms. The van der Waals surface area contributed by atoms with Gasteiger partial charge in [0.2, 0.25) is 15.9 Å². The van der Waals surface area contributed by atoms with E-state index in [1.165, 1.54) is 31.3 Å². The maximum absolute atomic E-state index is 11.9. The number of halogens is 2. The van der Waals surface area contributed by atoms with Gasteiger partial charge in [-0.15, -0.1) is 24.8 Å². The first-order valence-corrected chi connectivity index (χ1v) is 9.43. The van der Waals surface area contributed by atoms with Crippen molar-refractivity contribution in [2.24, 2.45) is 5.92 Å². The van der Waals surface area contributed by atoms with Crippen LogP contribution in [0, 0.1) is 5.92 Å². The van der Waals surface area contributed by atoms with Crippen LogP contribution in [0.1, 0.15) is 25.7 Å². The zero-order valence-corrected chi connectivity index (χ0v) is 16.4. The Bertz CT molecular complexity index is 596. The monoisotopic (exact) mass is 412 g/mol. The predicted octanol–water partition coefficient (Wildman–Crippen LogP) is 1.10. The van der Waals surface area contributed by atoms with Crippen molar-refractivity contribution in [2.45, 2.75) is 30.6 Å². The van der Waals surface area contributed by atoms with Crippen LogP contribution in [-0.2, 0) is 14.8 Å². The Morgan fingerprint density at radius 2 is 2.12 bits per heavy atom. The number of nitrogens with zero attached hydrogens (tertiary/aromatic N) is 1. The fraction of sp³-hybridized carbons (Fsp3) is 0.600. The van der Waals surface area contributed by atoms with Gasteiger partial charge in [-0.1, -0.05) is 0 Å². The smallest absolute Gasteiger partial charge is 0.242 e. The Hall–Kier alpha value is -0.930. The third-order valence-electron chi connectivity index (χ3n) is 3.86. The van der Waals surface area contributed by atoms with Gasteiger partial charge in [0.1, 0.15) is 4.90 Å². The summed E-state index contributed by atoms with van der Waals surface area (Å²) in [5.74, 6) is 0.482. The molecular weight excluding hydrogens is 387 g/mol. The van der Waals surface area contributed by atoms with Crippen molar-refractivity contribution in [3.8, 4) is 0 Å². The number of hydrogen-bond acceptors (Lipinski definition) is 5. The Kier molecular flexibility index (Phi) is 12.0. The highest BCUT2D eigenvalue weighted by Crippen LogP contribution is 2.12. The van der Waals surface area contributed by atoms with Crippen LogP contribution in [0.4, 0.5) is 0 Å². The molecule has 10 heteroatoms. The molecule has 25 heavy (non-hydrogen) atoms. The third kappa shape index (κ3) is 8.82. The minimum atomic E-state index is -3.59. The van der Waals surface area contributed by atoms with Crippen molar-refractivity contribution in [1.29, 1.82) is 0 Å². The third-order valence-corrected chi connectivity index (χ3v) is 5.31. The molecule has 2 heterocycles. The van der Waals surface area contributed by atoms with Gasteiger partial charge in [0.25, 0.3) is 0 Å². The second kappa shape index (κ2) is 12.4. The number of pyridine rings is 1. The molecule has 1 atom stereocenters. The maximum atomic E-state index is 11.9. The molecule has 0 saturated carbocycles. The van der Waals surface area contributed by atoms with Crippen molar-refractivity contribution in [3.63, 3.8) is 0 Å². The van der Waals surface area contributed by atoms with Crippen LogP contribution in [0.3, 0.4) is 0 Å². The average molecular weight is 413 g/mol. The molecule has 0 spiro atoms. The molecule has 1 aliphatic rings. The van der Waals surface area contributed by atoms with Gasteiger partial charge in [0, 0.05) is 31.9 Å². The first-order chi connectivity index (χ1) is 11.1. The minimum Gasteiger partial charge on any atom is -0.356 e. The summed E-state index contributed by atoms with van der Waals surface area (Å²) in [5.41, 5.74) is 0. The van der Waals surface area contributed by atoms with E-state index >= 15 is 0 Å². The number of piperidine rings is 1. The van der Waals surface area contributed by atoms with E-state index in [2.05, 4.69) is 20.3 Å². The lowest BCUT2D eigenvalue weighted by atomic mass is 9.96. The van der Waals surface area contributed by atoms with Crippen molar-refractivity contribution in [2.75, 3.05) is 26.2 Å². The summed E-state index contributed by atoms with van der Waals surface area (Å²) in [5, 5.41) is 6.19.